The number of rotatable bonds is 11. The first kappa shape index (κ1) is 23.7. The maximum atomic E-state index is 4.29. The van der Waals surface area contributed by atoms with Crippen molar-refractivity contribution in [1.29, 1.82) is 0 Å². The highest BCUT2D eigenvalue weighted by atomic mass is 127. The van der Waals surface area contributed by atoms with Crippen molar-refractivity contribution in [3.05, 3.63) is 21.9 Å². The fraction of sp³-hybridized carbons (Fsp3) is 0.722. The molecule has 6 heteroatoms. The third kappa shape index (κ3) is 11.3. The molecule has 2 N–H and O–H groups in total. The lowest BCUT2D eigenvalue weighted by molar-refractivity contribution is 0.389. The average molecular weight is 466 g/mol. The minimum Gasteiger partial charge on any atom is -0.356 e. The van der Waals surface area contributed by atoms with Crippen LogP contribution in [0.4, 0.5) is 0 Å². The third-order valence-corrected chi connectivity index (χ3v) is 5.02. The van der Waals surface area contributed by atoms with E-state index >= 15 is 0 Å². The largest absolute Gasteiger partial charge is 0.356 e. The van der Waals surface area contributed by atoms with Crippen LogP contribution in [0.25, 0.3) is 0 Å². The Morgan fingerprint density at radius 2 is 1.71 bits per heavy atom. The number of thiophene rings is 1. The molecule has 0 bridgehead atoms. The molecule has 140 valence electrons. The molecule has 0 amide bonds. The maximum Gasteiger partial charge on any atom is 0.191 e. The Hall–Kier alpha value is -0.340. The van der Waals surface area contributed by atoms with Crippen LogP contribution in [0.3, 0.4) is 0 Å². The first-order valence-electron chi connectivity index (χ1n) is 8.82. The van der Waals surface area contributed by atoms with Crippen molar-refractivity contribution in [2.75, 3.05) is 34.2 Å². The van der Waals surface area contributed by atoms with Gasteiger partial charge in [0.05, 0.1) is 6.54 Å². The summed E-state index contributed by atoms with van der Waals surface area (Å²) < 4.78 is 0. The molecule has 1 heterocycles. The highest BCUT2D eigenvalue weighted by Crippen LogP contribution is 2.16. The van der Waals surface area contributed by atoms with E-state index in [1.807, 2.05) is 18.4 Å². The molecule has 1 aromatic rings. The molecule has 0 aliphatic heterocycles. The Labute approximate surface area is 169 Å². The van der Waals surface area contributed by atoms with E-state index in [4.69, 9.17) is 0 Å². The van der Waals surface area contributed by atoms with Crippen LogP contribution in [-0.2, 0) is 13.0 Å². The molecule has 0 fully saturated rings. The van der Waals surface area contributed by atoms with E-state index in [9.17, 15) is 0 Å². The summed E-state index contributed by atoms with van der Waals surface area (Å²) in [6, 6.07) is 4.42. The lowest BCUT2D eigenvalue weighted by Crippen LogP contribution is -2.37. The average Bonchev–Trinajstić information content (AvgIpc) is 3.00. The van der Waals surface area contributed by atoms with Crippen molar-refractivity contribution in [1.82, 2.24) is 15.5 Å². The lowest BCUT2D eigenvalue weighted by atomic mass is 10.1. The summed E-state index contributed by atoms with van der Waals surface area (Å²) in [5.74, 6) is 0.907. The van der Waals surface area contributed by atoms with Crippen molar-refractivity contribution in [2.24, 2.45) is 4.99 Å². The Morgan fingerprint density at radius 1 is 1.04 bits per heavy atom. The van der Waals surface area contributed by atoms with Gasteiger partial charge in [0.2, 0.25) is 0 Å². The van der Waals surface area contributed by atoms with E-state index in [0.717, 1.165) is 25.5 Å². The number of nitrogens with zero attached hydrogens (tertiary/aromatic N) is 2. The quantitative estimate of drug-likeness (QED) is 0.223. The number of unbranched alkanes of at least 4 members (excludes halogenated alkanes) is 4. The minimum atomic E-state index is 0. The van der Waals surface area contributed by atoms with Crippen LogP contribution in [0.1, 0.15) is 48.8 Å². The standard InChI is InChI=1S/C18H34N4S.HI/c1-5-16-11-12-17(23-16)15-21-18(19-2)20-13-9-7-6-8-10-14-22(3)4;/h11-12H,5-10,13-15H2,1-4H3,(H2,19,20,21);1H. The van der Waals surface area contributed by atoms with Crippen LogP contribution in [0.15, 0.2) is 17.1 Å². The van der Waals surface area contributed by atoms with Crippen molar-refractivity contribution < 1.29 is 0 Å². The molecular formula is C18H35IN4S. The predicted molar refractivity (Wildman–Crippen MR) is 119 cm³/mol. The van der Waals surface area contributed by atoms with Gasteiger partial charge in [-0.05, 0) is 52.0 Å². The van der Waals surface area contributed by atoms with Gasteiger partial charge in [-0.25, -0.2) is 0 Å². The molecule has 0 saturated heterocycles. The summed E-state index contributed by atoms with van der Waals surface area (Å²) in [4.78, 5) is 9.36. The molecule has 0 aliphatic carbocycles. The Morgan fingerprint density at radius 3 is 2.33 bits per heavy atom. The van der Waals surface area contributed by atoms with Crippen molar-refractivity contribution >= 4 is 41.3 Å². The first-order chi connectivity index (χ1) is 11.2. The zero-order valence-corrected chi connectivity index (χ0v) is 18.9. The zero-order chi connectivity index (χ0) is 16.9. The van der Waals surface area contributed by atoms with Crippen molar-refractivity contribution in [3.63, 3.8) is 0 Å². The van der Waals surface area contributed by atoms with Gasteiger partial charge in [-0.1, -0.05) is 26.2 Å². The normalized spacial score (nSPS) is 11.5. The molecule has 0 saturated carbocycles. The first-order valence-corrected chi connectivity index (χ1v) is 9.64. The molecule has 0 aromatic carbocycles. The Bertz CT molecular complexity index is 446. The summed E-state index contributed by atoms with van der Waals surface area (Å²) in [5.41, 5.74) is 0. The van der Waals surface area contributed by atoms with Gasteiger partial charge in [0.15, 0.2) is 5.96 Å². The van der Waals surface area contributed by atoms with Gasteiger partial charge in [-0.2, -0.15) is 0 Å². The van der Waals surface area contributed by atoms with Crippen molar-refractivity contribution in [3.8, 4) is 0 Å². The van der Waals surface area contributed by atoms with E-state index in [1.54, 1.807) is 0 Å². The van der Waals surface area contributed by atoms with Crippen LogP contribution < -0.4 is 10.6 Å². The Kier molecular flexibility index (Phi) is 14.7. The highest BCUT2D eigenvalue weighted by Gasteiger charge is 2.01. The van der Waals surface area contributed by atoms with Gasteiger partial charge in [0.25, 0.3) is 0 Å². The van der Waals surface area contributed by atoms with E-state index in [-0.39, 0.29) is 24.0 Å². The molecule has 0 atom stereocenters. The molecule has 1 aromatic heterocycles. The van der Waals surface area contributed by atoms with Gasteiger partial charge in [-0.15, -0.1) is 35.3 Å². The fourth-order valence-electron chi connectivity index (χ4n) is 2.39. The SMILES string of the molecule is CCc1ccc(CNC(=NC)NCCCCCCCN(C)C)s1.I. The molecule has 0 spiro atoms. The second kappa shape index (κ2) is 15.0. The summed E-state index contributed by atoms with van der Waals surface area (Å²) in [6.07, 6.45) is 7.60. The van der Waals surface area contributed by atoms with Crippen LogP contribution >= 0.6 is 35.3 Å². The van der Waals surface area contributed by atoms with Crippen LogP contribution in [0.5, 0.6) is 0 Å². The second-order valence-electron chi connectivity index (χ2n) is 6.15. The van der Waals surface area contributed by atoms with Gasteiger partial charge in [0, 0.05) is 23.3 Å². The third-order valence-electron chi connectivity index (χ3n) is 3.79. The van der Waals surface area contributed by atoms with Crippen LogP contribution in [-0.4, -0.2) is 45.1 Å². The molecule has 24 heavy (non-hydrogen) atoms. The lowest BCUT2D eigenvalue weighted by Gasteiger charge is -2.11. The summed E-state index contributed by atoms with van der Waals surface area (Å²) in [7, 11) is 6.12. The Balaban J connectivity index is 0.00000529. The number of aliphatic imine (C=N–C) groups is 1. The molecular weight excluding hydrogens is 431 g/mol. The summed E-state index contributed by atoms with van der Waals surface area (Å²) in [6.45, 7) is 5.26. The molecule has 4 nitrogen and oxygen atoms in total. The minimum absolute atomic E-state index is 0. The fourth-order valence-corrected chi connectivity index (χ4v) is 3.29. The number of aryl methyl sites for hydroxylation is 1. The number of guanidine groups is 1. The zero-order valence-electron chi connectivity index (χ0n) is 15.7. The van der Waals surface area contributed by atoms with Crippen molar-refractivity contribution in [2.45, 2.75) is 52.0 Å². The van der Waals surface area contributed by atoms with Gasteiger partial charge >= 0.3 is 0 Å². The monoisotopic (exact) mass is 466 g/mol. The highest BCUT2D eigenvalue weighted by molar-refractivity contribution is 14.0. The van der Waals surface area contributed by atoms with Crippen LogP contribution in [0, 0.1) is 0 Å². The predicted octanol–water partition coefficient (Wildman–Crippen LogP) is 4.11. The number of hydrogen-bond donors (Lipinski definition) is 2. The van der Waals surface area contributed by atoms with Gasteiger partial charge < -0.3 is 15.5 Å². The smallest absolute Gasteiger partial charge is 0.191 e. The second-order valence-corrected chi connectivity index (χ2v) is 7.40. The maximum absolute atomic E-state index is 4.29. The van der Waals surface area contributed by atoms with E-state index in [1.165, 1.54) is 48.4 Å². The van der Waals surface area contributed by atoms with Gasteiger partial charge in [0.1, 0.15) is 0 Å². The number of halogens is 1. The van der Waals surface area contributed by atoms with E-state index < -0.39 is 0 Å². The topological polar surface area (TPSA) is 39.7 Å². The summed E-state index contributed by atoms with van der Waals surface area (Å²) >= 11 is 1.88. The van der Waals surface area contributed by atoms with E-state index in [0.29, 0.717) is 0 Å². The molecule has 0 aliphatic rings. The van der Waals surface area contributed by atoms with Gasteiger partial charge in [-0.3, -0.25) is 4.99 Å². The summed E-state index contributed by atoms with van der Waals surface area (Å²) in [5, 5.41) is 6.80. The van der Waals surface area contributed by atoms with Crippen LogP contribution in [0.2, 0.25) is 0 Å². The molecule has 0 radical (unpaired) electrons. The number of hydrogen-bond acceptors (Lipinski definition) is 3. The van der Waals surface area contributed by atoms with E-state index in [2.05, 4.69) is 53.7 Å². The number of nitrogens with one attached hydrogen (secondary N) is 2. The molecule has 1 rings (SSSR count). The molecule has 0 unspecified atom stereocenters.